The smallest absolute Gasteiger partial charge is 0.257 e. The van der Waals surface area contributed by atoms with E-state index in [9.17, 15) is 13.2 Å². The minimum absolute atomic E-state index is 0.0746. The van der Waals surface area contributed by atoms with E-state index < -0.39 is 15.9 Å². The molecule has 0 unspecified atom stereocenters. The molecule has 1 N–H and O–H groups in total. The summed E-state index contributed by atoms with van der Waals surface area (Å²) in [5.74, 6) is 0.857. The molecule has 0 spiro atoms. The summed E-state index contributed by atoms with van der Waals surface area (Å²) in [4.78, 5) is 13.0. The number of carbonyl (C=O) groups excluding carboxylic acids is 1. The summed E-state index contributed by atoms with van der Waals surface area (Å²) in [6, 6.07) is 20.5. The molecular formula is C25H25ClN2O4S. The average Bonchev–Trinajstić information content (AvgIpc) is 3.11. The van der Waals surface area contributed by atoms with Gasteiger partial charge < -0.3 is 10.1 Å². The third-order valence-corrected chi connectivity index (χ3v) is 7.70. The molecule has 8 heteroatoms. The summed E-state index contributed by atoms with van der Waals surface area (Å²) in [6.45, 7) is 0.980. The first-order valence-corrected chi connectivity index (χ1v) is 12.7. The molecule has 1 saturated heterocycles. The number of carbonyl (C=O) groups is 1. The SMILES string of the molecule is O=C(Nc1ccc(Oc2ccccc2)cc1)c1cc(S(=O)(=O)N2CCCCCC2)ccc1Cl. The second kappa shape index (κ2) is 10.4. The Kier molecular flexibility index (Phi) is 7.33. The molecule has 3 aromatic carbocycles. The zero-order chi connectivity index (χ0) is 23.3. The highest BCUT2D eigenvalue weighted by atomic mass is 35.5. The number of anilines is 1. The van der Waals surface area contributed by atoms with Crippen molar-refractivity contribution in [2.75, 3.05) is 18.4 Å². The maximum Gasteiger partial charge on any atom is 0.257 e. The van der Waals surface area contributed by atoms with Gasteiger partial charge in [0.05, 0.1) is 15.5 Å². The van der Waals surface area contributed by atoms with E-state index in [1.165, 1.54) is 22.5 Å². The number of benzene rings is 3. The van der Waals surface area contributed by atoms with Gasteiger partial charge in [0.15, 0.2) is 0 Å². The fourth-order valence-corrected chi connectivity index (χ4v) is 5.45. The van der Waals surface area contributed by atoms with E-state index in [0.717, 1.165) is 25.7 Å². The topological polar surface area (TPSA) is 75.7 Å². The molecule has 4 rings (SSSR count). The normalized spacial score (nSPS) is 14.9. The van der Waals surface area contributed by atoms with Gasteiger partial charge in [-0.1, -0.05) is 42.6 Å². The van der Waals surface area contributed by atoms with E-state index >= 15 is 0 Å². The van der Waals surface area contributed by atoms with E-state index in [1.807, 2.05) is 30.3 Å². The second-order valence-electron chi connectivity index (χ2n) is 7.85. The fourth-order valence-electron chi connectivity index (χ4n) is 3.70. The van der Waals surface area contributed by atoms with Crippen LogP contribution >= 0.6 is 11.6 Å². The van der Waals surface area contributed by atoms with E-state index in [-0.39, 0.29) is 15.5 Å². The number of ether oxygens (including phenoxy) is 1. The molecule has 0 saturated carbocycles. The van der Waals surface area contributed by atoms with Gasteiger partial charge in [0.25, 0.3) is 5.91 Å². The van der Waals surface area contributed by atoms with Crippen molar-refractivity contribution in [2.24, 2.45) is 0 Å². The average molecular weight is 485 g/mol. The Morgan fingerprint density at radius 2 is 1.48 bits per heavy atom. The maximum absolute atomic E-state index is 13.1. The zero-order valence-electron chi connectivity index (χ0n) is 18.0. The Bertz CT molecular complexity index is 1210. The van der Waals surface area contributed by atoms with Crippen LogP contribution in [0.2, 0.25) is 5.02 Å². The molecule has 0 bridgehead atoms. The minimum atomic E-state index is -3.69. The van der Waals surface area contributed by atoms with Crippen LogP contribution in [0.5, 0.6) is 11.5 Å². The lowest BCUT2D eigenvalue weighted by Gasteiger charge is -2.20. The van der Waals surface area contributed by atoms with Crippen LogP contribution in [0.15, 0.2) is 77.7 Å². The van der Waals surface area contributed by atoms with Gasteiger partial charge in [0.2, 0.25) is 10.0 Å². The first kappa shape index (κ1) is 23.3. The van der Waals surface area contributed by atoms with Crippen LogP contribution in [-0.4, -0.2) is 31.7 Å². The van der Waals surface area contributed by atoms with Crippen LogP contribution in [0.4, 0.5) is 5.69 Å². The lowest BCUT2D eigenvalue weighted by Crippen LogP contribution is -2.32. The summed E-state index contributed by atoms with van der Waals surface area (Å²) in [7, 11) is -3.69. The molecule has 1 aliphatic heterocycles. The Balaban J connectivity index is 1.49. The van der Waals surface area contributed by atoms with Gasteiger partial charge in [-0.25, -0.2) is 8.42 Å². The number of nitrogens with one attached hydrogen (secondary N) is 1. The van der Waals surface area contributed by atoms with Crippen molar-refractivity contribution in [3.8, 4) is 11.5 Å². The zero-order valence-corrected chi connectivity index (χ0v) is 19.6. The number of rotatable bonds is 6. The highest BCUT2D eigenvalue weighted by molar-refractivity contribution is 7.89. The van der Waals surface area contributed by atoms with Crippen molar-refractivity contribution in [1.29, 1.82) is 0 Å². The first-order chi connectivity index (χ1) is 15.9. The van der Waals surface area contributed by atoms with E-state index in [2.05, 4.69) is 5.32 Å². The molecule has 3 aromatic rings. The van der Waals surface area contributed by atoms with Crippen molar-refractivity contribution in [1.82, 2.24) is 4.31 Å². The summed E-state index contributed by atoms with van der Waals surface area (Å²) in [6.07, 6.45) is 3.72. The first-order valence-electron chi connectivity index (χ1n) is 10.9. The third kappa shape index (κ3) is 5.74. The number of nitrogens with zero attached hydrogens (tertiary/aromatic N) is 1. The Morgan fingerprint density at radius 1 is 0.848 bits per heavy atom. The fraction of sp³-hybridized carbons (Fsp3) is 0.240. The lowest BCUT2D eigenvalue weighted by atomic mass is 10.2. The molecule has 6 nitrogen and oxygen atoms in total. The van der Waals surface area contributed by atoms with Gasteiger partial charge >= 0.3 is 0 Å². The summed E-state index contributed by atoms with van der Waals surface area (Å²) in [5, 5.41) is 2.96. The standard InChI is InChI=1S/C25H25ClN2O4S/c26-24-15-14-22(33(30,31)28-16-6-1-2-7-17-28)18-23(24)25(29)27-19-10-12-21(13-11-19)32-20-8-4-3-5-9-20/h3-5,8-15,18H,1-2,6-7,16-17H2,(H,27,29). The van der Waals surface area contributed by atoms with Gasteiger partial charge in [-0.15, -0.1) is 0 Å². The van der Waals surface area contributed by atoms with Crippen molar-refractivity contribution in [3.63, 3.8) is 0 Å². The van der Waals surface area contributed by atoms with Crippen LogP contribution in [0, 0.1) is 0 Å². The molecule has 0 radical (unpaired) electrons. The lowest BCUT2D eigenvalue weighted by molar-refractivity contribution is 0.102. The molecule has 172 valence electrons. The number of hydrogen-bond acceptors (Lipinski definition) is 4. The van der Waals surface area contributed by atoms with Crippen LogP contribution in [0.25, 0.3) is 0 Å². The van der Waals surface area contributed by atoms with E-state index in [1.54, 1.807) is 24.3 Å². The molecule has 33 heavy (non-hydrogen) atoms. The van der Waals surface area contributed by atoms with E-state index in [4.69, 9.17) is 16.3 Å². The Hall–Kier alpha value is -2.87. The maximum atomic E-state index is 13.1. The van der Waals surface area contributed by atoms with Crippen molar-refractivity contribution in [2.45, 2.75) is 30.6 Å². The van der Waals surface area contributed by atoms with Crippen LogP contribution in [-0.2, 0) is 10.0 Å². The third-order valence-electron chi connectivity index (χ3n) is 5.48. The molecule has 1 amide bonds. The predicted molar refractivity (Wildman–Crippen MR) is 130 cm³/mol. The van der Waals surface area contributed by atoms with E-state index in [0.29, 0.717) is 30.3 Å². The summed E-state index contributed by atoms with van der Waals surface area (Å²) < 4.78 is 33.5. The van der Waals surface area contributed by atoms with Crippen LogP contribution in [0.1, 0.15) is 36.0 Å². The molecule has 1 aliphatic rings. The molecule has 0 aromatic heterocycles. The van der Waals surface area contributed by atoms with Gasteiger partial charge in [0.1, 0.15) is 11.5 Å². The molecule has 0 aliphatic carbocycles. The highest BCUT2D eigenvalue weighted by Crippen LogP contribution is 2.27. The quantitative estimate of drug-likeness (QED) is 0.469. The van der Waals surface area contributed by atoms with Crippen molar-refractivity contribution < 1.29 is 17.9 Å². The number of amides is 1. The van der Waals surface area contributed by atoms with Gasteiger partial charge in [-0.3, -0.25) is 4.79 Å². The number of sulfonamides is 1. The van der Waals surface area contributed by atoms with Crippen molar-refractivity contribution in [3.05, 3.63) is 83.4 Å². The van der Waals surface area contributed by atoms with Crippen LogP contribution < -0.4 is 10.1 Å². The number of para-hydroxylation sites is 1. The van der Waals surface area contributed by atoms with Gasteiger partial charge in [-0.05, 0) is 67.4 Å². The van der Waals surface area contributed by atoms with Crippen molar-refractivity contribution >= 4 is 33.2 Å². The van der Waals surface area contributed by atoms with Gasteiger partial charge in [0, 0.05) is 18.8 Å². The monoisotopic (exact) mass is 484 g/mol. The minimum Gasteiger partial charge on any atom is -0.457 e. The van der Waals surface area contributed by atoms with Crippen LogP contribution in [0.3, 0.4) is 0 Å². The molecule has 1 fully saturated rings. The Labute approximate surface area is 199 Å². The summed E-state index contributed by atoms with van der Waals surface area (Å²) >= 11 is 6.25. The predicted octanol–water partition coefficient (Wildman–Crippen LogP) is 5.95. The molecule has 0 atom stereocenters. The number of halogens is 1. The summed E-state index contributed by atoms with van der Waals surface area (Å²) in [5.41, 5.74) is 0.648. The molecular weight excluding hydrogens is 460 g/mol. The highest BCUT2D eigenvalue weighted by Gasteiger charge is 2.26. The van der Waals surface area contributed by atoms with Gasteiger partial charge in [-0.2, -0.15) is 4.31 Å². The number of hydrogen-bond donors (Lipinski definition) is 1. The molecule has 1 heterocycles. The largest absolute Gasteiger partial charge is 0.457 e. The Morgan fingerprint density at radius 3 is 2.15 bits per heavy atom. The second-order valence-corrected chi connectivity index (χ2v) is 10.2.